The minimum atomic E-state index is 0.197. The summed E-state index contributed by atoms with van der Waals surface area (Å²) in [6.07, 6.45) is 2.37. The molecule has 0 aromatic heterocycles. The normalized spacial score (nSPS) is 17.4. The van der Waals surface area contributed by atoms with Crippen molar-refractivity contribution in [3.05, 3.63) is 28.8 Å². The van der Waals surface area contributed by atoms with Crippen molar-refractivity contribution in [2.75, 3.05) is 39.8 Å². The Balaban J connectivity index is 1.85. The molecule has 0 bridgehead atoms. The van der Waals surface area contributed by atoms with Gasteiger partial charge in [-0.25, -0.2) is 0 Å². The quantitative estimate of drug-likeness (QED) is 0.802. The molecular weight excluding hydrogens is 284 g/mol. The molecule has 3 nitrogen and oxygen atoms in total. The van der Waals surface area contributed by atoms with Crippen molar-refractivity contribution in [2.45, 2.75) is 32.8 Å². The van der Waals surface area contributed by atoms with Gasteiger partial charge in [0.1, 0.15) is 5.75 Å². The van der Waals surface area contributed by atoms with Crippen LogP contribution in [0.3, 0.4) is 0 Å². The third-order valence-electron chi connectivity index (χ3n) is 3.90. The summed E-state index contributed by atoms with van der Waals surface area (Å²) >= 11 is 6.13. The molecule has 0 N–H and O–H groups in total. The van der Waals surface area contributed by atoms with Gasteiger partial charge in [0.2, 0.25) is 0 Å². The molecule has 2 rings (SSSR count). The van der Waals surface area contributed by atoms with Crippen molar-refractivity contribution in [1.82, 2.24) is 9.80 Å². The molecule has 1 aromatic rings. The Hall–Kier alpha value is -0.770. The van der Waals surface area contributed by atoms with E-state index < -0.39 is 0 Å². The van der Waals surface area contributed by atoms with Gasteiger partial charge in [0.25, 0.3) is 0 Å². The molecule has 0 spiro atoms. The Morgan fingerprint density at radius 1 is 1.19 bits per heavy atom. The van der Waals surface area contributed by atoms with Crippen LogP contribution in [-0.4, -0.2) is 55.7 Å². The molecule has 1 aliphatic rings. The number of likely N-dealkylation sites (N-methyl/N-ethyl adjacent to an activating group) is 1. The number of benzene rings is 1. The van der Waals surface area contributed by atoms with Gasteiger partial charge in [0, 0.05) is 31.2 Å². The number of ether oxygens (including phenoxy) is 1. The predicted octanol–water partition coefficient (Wildman–Crippen LogP) is 3.31. The van der Waals surface area contributed by atoms with Crippen LogP contribution in [0, 0.1) is 0 Å². The van der Waals surface area contributed by atoms with Gasteiger partial charge in [-0.2, -0.15) is 0 Å². The maximum Gasteiger partial charge on any atom is 0.122 e. The molecule has 1 saturated heterocycles. The lowest BCUT2D eigenvalue weighted by atomic mass is 10.1. The SMILES string of the molecule is CC(C)Oc1ccc(Cl)cc1CCCN1CCN(C)CC1. The van der Waals surface area contributed by atoms with E-state index in [1.807, 2.05) is 18.2 Å². The van der Waals surface area contributed by atoms with Crippen molar-refractivity contribution in [3.8, 4) is 5.75 Å². The molecule has 0 saturated carbocycles. The van der Waals surface area contributed by atoms with Crippen molar-refractivity contribution in [1.29, 1.82) is 0 Å². The zero-order valence-electron chi connectivity index (χ0n) is 13.4. The van der Waals surface area contributed by atoms with Gasteiger partial charge in [-0.15, -0.1) is 0 Å². The molecule has 1 fully saturated rings. The Bertz CT molecular complexity index is 442. The summed E-state index contributed by atoms with van der Waals surface area (Å²) in [5.74, 6) is 0.979. The standard InChI is InChI=1S/C17H27ClN2O/c1-14(2)21-17-7-6-16(18)13-15(17)5-4-8-20-11-9-19(3)10-12-20/h6-7,13-14H,4-5,8-12H2,1-3H3. The minimum Gasteiger partial charge on any atom is -0.491 e. The van der Waals surface area contributed by atoms with E-state index in [9.17, 15) is 0 Å². The van der Waals surface area contributed by atoms with E-state index in [1.54, 1.807) is 0 Å². The highest BCUT2D eigenvalue weighted by atomic mass is 35.5. The summed E-state index contributed by atoms with van der Waals surface area (Å²) in [6, 6.07) is 5.94. The molecule has 0 atom stereocenters. The van der Waals surface area contributed by atoms with E-state index in [-0.39, 0.29) is 6.10 Å². The highest BCUT2D eigenvalue weighted by molar-refractivity contribution is 6.30. The summed E-state index contributed by atoms with van der Waals surface area (Å²) < 4.78 is 5.88. The molecule has 1 aliphatic heterocycles. The van der Waals surface area contributed by atoms with E-state index in [4.69, 9.17) is 16.3 Å². The van der Waals surface area contributed by atoms with Gasteiger partial charge < -0.3 is 14.5 Å². The molecule has 1 heterocycles. The average Bonchev–Trinajstić information content (AvgIpc) is 2.43. The van der Waals surface area contributed by atoms with Crippen molar-refractivity contribution < 1.29 is 4.74 Å². The third kappa shape index (κ3) is 5.50. The molecule has 0 unspecified atom stereocenters. The molecule has 0 amide bonds. The number of hydrogen-bond donors (Lipinski definition) is 0. The largest absolute Gasteiger partial charge is 0.491 e. The fourth-order valence-electron chi connectivity index (χ4n) is 2.68. The average molecular weight is 311 g/mol. The molecule has 0 aliphatic carbocycles. The smallest absolute Gasteiger partial charge is 0.122 e. The van der Waals surface area contributed by atoms with E-state index in [0.717, 1.165) is 30.2 Å². The van der Waals surface area contributed by atoms with Crippen LogP contribution in [0.2, 0.25) is 5.02 Å². The highest BCUT2D eigenvalue weighted by Gasteiger charge is 2.13. The van der Waals surface area contributed by atoms with E-state index in [0.29, 0.717) is 0 Å². The van der Waals surface area contributed by atoms with Crippen molar-refractivity contribution in [2.24, 2.45) is 0 Å². The number of halogens is 1. The first-order valence-corrected chi connectivity index (χ1v) is 8.28. The lowest BCUT2D eigenvalue weighted by Crippen LogP contribution is -2.44. The Kier molecular flexibility index (Phi) is 6.34. The second kappa shape index (κ2) is 8.02. The topological polar surface area (TPSA) is 15.7 Å². The van der Waals surface area contributed by atoms with Gasteiger partial charge in [-0.1, -0.05) is 11.6 Å². The van der Waals surface area contributed by atoms with E-state index >= 15 is 0 Å². The van der Waals surface area contributed by atoms with Gasteiger partial charge in [0.05, 0.1) is 6.10 Å². The van der Waals surface area contributed by atoms with E-state index in [2.05, 4.69) is 30.7 Å². The summed E-state index contributed by atoms with van der Waals surface area (Å²) in [5, 5.41) is 0.792. The minimum absolute atomic E-state index is 0.197. The molecule has 4 heteroatoms. The maximum absolute atomic E-state index is 6.13. The first-order chi connectivity index (χ1) is 10.0. The van der Waals surface area contributed by atoms with Gasteiger partial charge in [-0.3, -0.25) is 0 Å². The van der Waals surface area contributed by atoms with Gasteiger partial charge in [-0.05, 0) is 64.0 Å². The Morgan fingerprint density at radius 3 is 2.57 bits per heavy atom. The monoisotopic (exact) mass is 310 g/mol. The lowest BCUT2D eigenvalue weighted by molar-refractivity contribution is 0.153. The zero-order valence-corrected chi connectivity index (χ0v) is 14.2. The molecular formula is C17H27ClN2O. The molecule has 118 valence electrons. The molecule has 0 radical (unpaired) electrons. The second-order valence-corrected chi connectivity index (χ2v) is 6.60. The molecule has 21 heavy (non-hydrogen) atoms. The summed E-state index contributed by atoms with van der Waals surface area (Å²) in [4.78, 5) is 4.94. The number of hydrogen-bond acceptors (Lipinski definition) is 3. The number of piperazine rings is 1. The maximum atomic E-state index is 6.13. The van der Waals surface area contributed by atoms with Crippen LogP contribution in [0.25, 0.3) is 0 Å². The number of aryl methyl sites for hydroxylation is 1. The van der Waals surface area contributed by atoms with Crippen LogP contribution in [-0.2, 0) is 6.42 Å². The van der Waals surface area contributed by atoms with Gasteiger partial charge >= 0.3 is 0 Å². The lowest BCUT2D eigenvalue weighted by Gasteiger charge is -2.32. The van der Waals surface area contributed by atoms with E-state index in [1.165, 1.54) is 31.7 Å². The fraction of sp³-hybridized carbons (Fsp3) is 0.647. The van der Waals surface area contributed by atoms with Crippen molar-refractivity contribution >= 4 is 11.6 Å². The van der Waals surface area contributed by atoms with Crippen molar-refractivity contribution in [3.63, 3.8) is 0 Å². The first kappa shape index (κ1) is 16.6. The zero-order chi connectivity index (χ0) is 15.2. The Morgan fingerprint density at radius 2 is 1.90 bits per heavy atom. The van der Waals surface area contributed by atoms with Crippen LogP contribution in [0.5, 0.6) is 5.75 Å². The van der Waals surface area contributed by atoms with Crippen LogP contribution in [0.1, 0.15) is 25.8 Å². The third-order valence-corrected chi connectivity index (χ3v) is 4.14. The van der Waals surface area contributed by atoms with Gasteiger partial charge in [0.15, 0.2) is 0 Å². The summed E-state index contributed by atoms with van der Waals surface area (Å²) in [7, 11) is 2.19. The number of rotatable bonds is 6. The highest BCUT2D eigenvalue weighted by Crippen LogP contribution is 2.25. The summed E-state index contributed by atoms with van der Waals surface area (Å²) in [5.41, 5.74) is 1.23. The fourth-order valence-corrected chi connectivity index (χ4v) is 2.87. The second-order valence-electron chi connectivity index (χ2n) is 6.17. The molecule has 1 aromatic carbocycles. The Labute approximate surface area is 133 Å². The van der Waals surface area contributed by atoms with Crippen LogP contribution < -0.4 is 4.74 Å². The van der Waals surface area contributed by atoms with Crippen LogP contribution in [0.4, 0.5) is 0 Å². The number of nitrogens with zero attached hydrogens (tertiary/aromatic N) is 2. The first-order valence-electron chi connectivity index (χ1n) is 7.90. The van der Waals surface area contributed by atoms with Crippen LogP contribution in [0.15, 0.2) is 18.2 Å². The van der Waals surface area contributed by atoms with Crippen LogP contribution >= 0.6 is 11.6 Å². The summed E-state index contributed by atoms with van der Waals surface area (Å²) in [6.45, 7) is 9.99. The predicted molar refractivity (Wildman–Crippen MR) is 89.5 cm³/mol.